The van der Waals surface area contributed by atoms with E-state index in [1.165, 1.54) is 0 Å². The van der Waals surface area contributed by atoms with Gasteiger partial charge in [-0.05, 0) is 12.8 Å². The summed E-state index contributed by atoms with van der Waals surface area (Å²) in [5.74, 6) is -0.329. The van der Waals surface area contributed by atoms with Gasteiger partial charge in [0.05, 0.1) is 6.61 Å². The second kappa shape index (κ2) is 4.49. The molecule has 1 aliphatic rings. The molecule has 0 radical (unpaired) electrons. The van der Waals surface area contributed by atoms with Crippen LogP contribution >= 0.6 is 0 Å². The van der Waals surface area contributed by atoms with E-state index in [9.17, 15) is 18.0 Å². The van der Waals surface area contributed by atoms with Crippen LogP contribution < -0.4 is 5.73 Å². The quantitative estimate of drug-likeness (QED) is 0.786. The van der Waals surface area contributed by atoms with Crippen LogP contribution in [0.25, 0.3) is 0 Å². The van der Waals surface area contributed by atoms with E-state index in [4.69, 9.17) is 10.5 Å². The van der Waals surface area contributed by atoms with E-state index in [1.807, 2.05) is 0 Å². The van der Waals surface area contributed by atoms with E-state index in [-0.39, 0.29) is 25.2 Å². The fraction of sp³-hybridized carbons (Fsp3) is 0.889. The minimum atomic E-state index is -4.20. The number of hydrogen-bond donors (Lipinski definition) is 1. The van der Waals surface area contributed by atoms with Crippen LogP contribution in [-0.2, 0) is 9.53 Å². The van der Waals surface area contributed by atoms with E-state index in [0.717, 1.165) is 0 Å². The molecular weight excluding hydrogens is 211 g/mol. The van der Waals surface area contributed by atoms with E-state index in [0.29, 0.717) is 13.0 Å². The smallest absolute Gasteiger partial charge is 0.379 e. The zero-order valence-electron chi connectivity index (χ0n) is 8.27. The van der Waals surface area contributed by atoms with Gasteiger partial charge in [-0.25, -0.2) is 0 Å². The second-order valence-corrected chi connectivity index (χ2v) is 3.85. The first-order chi connectivity index (χ1) is 6.83. The minimum absolute atomic E-state index is 0.123. The third kappa shape index (κ3) is 3.79. The number of halogens is 3. The Bertz CT molecular complexity index is 234. The van der Waals surface area contributed by atoms with Crippen molar-refractivity contribution in [3.8, 4) is 0 Å². The van der Waals surface area contributed by atoms with Gasteiger partial charge in [0.25, 0.3) is 0 Å². The first-order valence-electron chi connectivity index (χ1n) is 4.80. The highest BCUT2D eigenvalue weighted by atomic mass is 19.4. The highest BCUT2D eigenvalue weighted by Crippen LogP contribution is 2.24. The maximum Gasteiger partial charge on any atom is 0.389 e. The SMILES string of the molecule is NC1(C(=O)CCCC(F)(F)F)CCOC1. The predicted molar refractivity (Wildman–Crippen MR) is 47.3 cm³/mol. The molecule has 3 nitrogen and oxygen atoms in total. The number of hydrogen-bond acceptors (Lipinski definition) is 3. The molecule has 0 aromatic carbocycles. The van der Waals surface area contributed by atoms with Crippen molar-refractivity contribution in [2.75, 3.05) is 13.2 Å². The van der Waals surface area contributed by atoms with Gasteiger partial charge in [-0.3, -0.25) is 4.79 Å². The van der Waals surface area contributed by atoms with Crippen LogP contribution in [0.5, 0.6) is 0 Å². The van der Waals surface area contributed by atoms with E-state index in [2.05, 4.69) is 0 Å². The summed E-state index contributed by atoms with van der Waals surface area (Å²) in [5.41, 5.74) is 4.65. The Kier molecular flexibility index (Phi) is 3.72. The lowest BCUT2D eigenvalue weighted by atomic mass is 9.91. The zero-order valence-corrected chi connectivity index (χ0v) is 8.27. The van der Waals surface area contributed by atoms with Gasteiger partial charge in [0.15, 0.2) is 5.78 Å². The molecule has 1 heterocycles. The van der Waals surface area contributed by atoms with E-state index in [1.54, 1.807) is 0 Å². The van der Waals surface area contributed by atoms with Crippen LogP contribution in [-0.4, -0.2) is 30.7 Å². The van der Waals surface area contributed by atoms with Crippen molar-refractivity contribution >= 4 is 5.78 Å². The average molecular weight is 225 g/mol. The van der Waals surface area contributed by atoms with Gasteiger partial charge in [0, 0.05) is 19.4 Å². The molecule has 2 N–H and O–H groups in total. The summed E-state index contributed by atoms with van der Waals surface area (Å²) in [4.78, 5) is 11.5. The Labute approximate surface area is 85.8 Å². The average Bonchev–Trinajstić information content (AvgIpc) is 2.51. The molecule has 1 aliphatic heterocycles. The highest BCUT2D eigenvalue weighted by Gasteiger charge is 2.38. The van der Waals surface area contributed by atoms with Gasteiger partial charge in [0.1, 0.15) is 5.54 Å². The monoisotopic (exact) mass is 225 g/mol. The molecule has 0 amide bonds. The number of alkyl halides is 3. The summed E-state index contributed by atoms with van der Waals surface area (Å²) in [6.45, 7) is 0.527. The molecule has 1 atom stereocenters. The first-order valence-corrected chi connectivity index (χ1v) is 4.80. The van der Waals surface area contributed by atoms with E-state index >= 15 is 0 Å². The summed E-state index contributed by atoms with van der Waals surface area (Å²) in [6.07, 6.45) is -5.05. The van der Waals surface area contributed by atoms with Crippen LogP contribution in [0.4, 0.5) is 13.2 Å². The number of carbonyl (C=O) groups is 1. The van der Waals surface area contributed by atoms with Crippen LogP contribution in [0.1, 0.15) is 25.7 Å². The Morgan fingerprint density at radius 1 is 1.47 bits per heavy atom. The molecule has 1 rings (SSSR count). The van der Waals surface area contributed by atoms with Gasteiger partial charge in [0.2, 0.25) is 0 Å². The fourth-order valence-corrected chi connectivity index (χ4v) is 1.50. The van der Waals surface area contributed by atoms with Crippen molar-refractivity contribution in [3.05, 3.63) is 0 Å². The molecule has 15 heavy (non-hydrogen) atoms. The van der Waals surface area contributed by atoms with Crippen molar-refractivity contribution in [1.29, 1.82) is 0 Å². The Hall–Kier alpha value is -0.620. The van der Waals surface area contributed by atoms with Crippen LogP contribution in [0.15, 0.2) is 0 Å². The molecular formula is C9H14F3NO2. The number of ketones is 1. The molecule has 0 aromatic heterocycles. The highest BCUT2D eigenvalue weighted by molar-refractivity contribution is 5.88. The fourth-order valence-electron chi connectivity index (χ4n) is 1.50. The molecule has 88 valence electrons. The predicted octanol–water partition coefficient (Wildman–Crippen LogP) is 1.41. The molecule has 0 aromatic rings. The Morgan fingerprint density at radius 3 is 2.60 bits per heavy atom. The lowest BCUT2D eigenvalue weighted by Gasteiger charge is -2.19. The molecule has 6 heteroatoms. The Balaban J connectivity index is 2.30. The number of ether oxygens (including phenoxy) is 1. The van der Waals surface area contributed by atoms with Crippen LogP contribution in [0.2, 0.25) is 0 Å². The normalized spacial score (nSPS) is 26.9. The Morgan fingerprint density at radius 2 is 2.13 bits per heavy atom. The minimum Gasteiger partial charge on any atom is -0.379 e. The maximum atomic E-state index is 11.8. The maximum absolute atomic E-state index is 11.8. The summed E-state index contributed by atoms with van der Waals surface area (Å²) >= 11 is 0. The lowest BCUT2D eigenvalue weighted by molar-refractivity contribution is -0.138. The number of rotatable bonds is 4. The molecule has 0 saturated carbocycles. The van der Waals surface area contributed by atoms with Crippen molar-refractivity contribution < 1.29 is 22.7 Å². The van der Waals surface area contributed by atoms with Crippen molar-refractivity contribution in [1.82, 2.24) is 0 Å². The summed E-state index contributed by atoms with van der Waals surface area (Å²) < 4.78 is 40.4. The van der Waals surface area contributed by atoms with E-state index < -0.39 is 18.1 Å². The third-order valence-electron chi connectivity index (χ3n) is 2.47. The summed E-state index contributed by atoms with van der Waals surface area (Å²) in [6, 6.07) is 0. The van der Waals surface area contributed by atoms with Gasteiger partial charge in [-0.15, -0.1) is 0 Å². The lowest BCUT2D eigenvalue weighted by Crippen LogP contribution is -2.48. The third-order valence-corrected chi connectivity index (χ3v) is 2.47. The zero-order chi connectivity index (χ0) is 11.5. The van der Waals surface area contributed by atoms with Gasteiger partial charge in [-0.2, -0.15) is 13.2 Å². The van der Waals surface area contributed by atoms with Crippen molar-refractivity contribution in [2.45, 2.75) is 37.4 Å². The molecule has 0 bridgehead atoms. The number of nitrogens with two attached hydrogens (primary N) is 1. The second-order valence-electron chi connectivity index (χ2n) is 3.85. The van der Waals surface area contributed by atoms with Crippen molar-refractivity contribution in [2.24, 2.45) is 5.73 Å². The van der Waals surface area contributed by atoms with Crippen LogP contribution in [0, 0.1) is 0 Å². The van der Waals surface area contributed by atoms with Gasteiger partial charge in [-0.1, -0.05) is 0 Å². The molecule has 0 spiro atoms. The summed E-state index contributed by atoms with van der Waals surface area (Å²) in [7, 11) is 0. The summed E-state index contributed by atoms with van der Waals surface area (Å²) in [5, 5.41) is 0. The number of Topliss-reactive ketones (excluding diaryl/α,β-unsaturated/α-hetero) is 1. The van der Waals surface area contributed by atoms with Crippen molar-refractivity contribution in [3.63, 3.8) is 0 Å². The molecule has 1 saturated heterocycles. The topological polar surface area (TPSA) is 52.3 Å². The van der Waals surface area contributed by atoms with Crippen LogP contribution in [0.3, 0.4) is 0 Å². The molecule has 1 unspecified atom stereocenters. The largest absolute Gasteiger partial charge is 0.389 e. The van der Waals surface area contributed by atoms with Gasteiger partial charge < -0.3 is 10.5 Å². The molecule has 1 fully saturated rings. The first kappa shape index (κ1) is 12.4. The standard InChI is InChI=1S/C9H14F3NO2/c10-9(11,12)3-1-2-7(14)8(13)4-5-15-6-8/h1-6,13H2. The molecule has 0 aliphatic carbocycles. The van der Waals surface area contributed by atoms with Gasteiger partial charge >= 0.3 is 6.18 Å². The number of carbonyl (C=O) groups excluding carboxylic acids is 1.